The van der Waals surface area contributed by atoms with Gasteiger partial charge >= 0.3 is 0 Å². The highest BCUT2D eigenvalue weighted by Gasteiger charge is 2.15. The molecule has 0 saturated carbocycles. The number of hydrogen-bond acceptors (Lipinski definition) is 6. The number of carboxylic acids is 1. The number of carbonyl (C=O) groups excluding carboxylic acids is 1. The van der Waals surface area contributed by atoms with Crippen molar-refractivity contribution in [2.75, 3.05) is 7.11 Å². The molecule has 1 aromatic carbocycles. The van der Waals surface area contributed by atoms with Crippen molar-refractivity contribution in [3.63, 3.8) is 0 Å². The number of carboxylic acid groups (broad SMARTS) is 1. The van der Waals surface area contributed by atoms with Crippen LogP contribution in [0.3, 0.4) is 0 Å². The Morgan fingerprint density at radius 3 is 2.64 bits per heavy atom. The summed E-state index contributed by atoms with van der Waals surface area (Å²) in [6.45, 7) is 1.55. The molecule has 2 heterocycles. The molecular weight excluding hydrogens is 364 g/mol. The van der Waals surface area contributed by atoms with Crippen LogP contribution in [-0.2, 0) is 0 Å². The maximum Gasteiger partial charge on any atom is 0.260 e. The fourth-order valence-electron chi connectivity index (χ4n) is 2.37. The molecule has 0 unspecified atom stereocenters. The second-order valence-electron chi connectivity index (χ2n) is 5.20. The Hall–Kier alpha value is -2.64. The summed E-state index contributed by atoms with van der Waals surface area (Å²) in [6, 6.07) is 7.18. The largest absolute Gasteiger partial charge is 0.544 e. The van der Waals surface area contributed by atoms with Crippen LogP contribution >= 0.6 is 22.9 Å². The number of benzene rings is 1. The first kappa shape index (κ1) is 17.2. The minimum Gasteiger partial charge on any atom is -0.544 e. The van der Waals surface area contributed by atoms with Crippen molar-refractivity contribution < 1.29 is 14.6 Å². The molecule has 0 aliphatic carbocycles. The molecule has 3 aromatic rings. The van der Waals surface area contributed by atoms with Gasteiger partial charge in [-0.2, -0.15) is 0 Å². The second kappa shape index (κ2) is 6.70. The van der Waals surface area contributed by atoms with Gasteiger partial charge in [0, 0.05) is 0 Å². The molecule has 0 radical (unpaired) electrons. The molecule has 0 saturated heterocycles. The Balaban J connectivity index is 2.07. The molecule has 0 amide bonds. The summed E-state index contributed by atoms with van der Waals surface area (Å²) < 4.78 is 5.09. The Morgan fingerprint density at radius 1 is 1.36 bits per heavy atom. The number of rotatable bonds is 4. The van der Waals surface area contributed by atoms with Crippen molar-refractivity contribution in [3.8, 4) is 5.75 Å². The Morgan fingerprint density at radius 2 is 2.04 bits per heavy atom. The Kier molecular flexibility index (Phi) is 4.61. The average Bonchev–Trinajstić information content (AvgIpc) is 2.93. The lowest BCUT2D eigenvalue weighted by atomic mass is 10.2. The number of aromatic amines is 1. The highest BCUT2D eigenvalue weighted by Crippen LogP contribution is 2.28. The number of nitrogens with one attached hydrogen (secondary N) is 1. The van der Waals surface area contributed by atoms with Gasteiger partial charge in [-0.25, -0.2) is 4.98 Å². The number of ether oxygens (including phenoxy) is 1. The first-order chi connectivity index (χ1) is 11.9. The lowest BCUT2D eigenvalue weighted by Crippen LogP contribution is -2.21. The summed E-state index contributed by atoms with van der Waals surface area (Å²) in [7, 11) is 1.58. The predicted molar refractivity (Wildman–Crippen MR) is 96.0 cm³/mol. The van der Waals surface area contributed by atoms with Crippen molar-refractivity contribution in [2.24, 2.45) is 0 Å². The summed E-state index contributed by atoms with van der Waals surface area (Å²) >= 11 is 7.16. The summed E-state index contributed by atoms with van der Waals surface area (Å²) in [4.78, 5) is 30.6. The summed E-state index contributed by atoms with van der Waals surface area (Å²) in [5.41, 5.74) is 0.699. The smallest absolute Gasteiger partial charge is 0.260 e. The number of hydrogen-bond donors (Lipinski definition) is 1. The van der Waals surface area contributed by atoms with Crippen LogP contribution in [0.25, 0.3) is 21.3 Å². The van der Waals surface area contributed by atoms with E-state index < -0.39 is 11.5 Å². The molecule has 6 nitrogen and oxygen atoms in total. The maximum absolute atomic E-state index is 12.3. The van der Waals surface area contributed by atoms with Crippen LogP contribution in [0.15, 0.2) is 29.1 Å². The first-order valence-electron chi connectivity index (χ1n) is 7.17. The van der Waals surface area contributed by atoms with Gasteiger partial charge in [0.15, 0.2) is 5.82 Å². The summed E-state index contributed by atoms with van der Waals surface area (Å²) in [5, 5.41) is 11.6. The molecule has 0 aliphatic heterocycles. The van der Waals surface area contributed by atoms with E-state index in [9.17, 15) is 14.7 Å². The van der Waals surface area contributed by atoms with E-state index in [1.807, 2.05) is 0 Å². The first-order valence-corrected chi connectivity index (χ1v) is 8.36. The molecule has 1 N–H and O–H groups in total. The molecule has 0 bridgehead atoms. The van der Waals surface area contributed by atoms with Gasteiger partial charge in [-0.15, -0.1) is 11.3 Å². The van der Waals surface area contributed by atoms with E-state index >= 15 is 0 Å². The third-order valence-corrected chi connectivity index (χ3v) is 5.08. The van der Waals surface area contributed by atoms with Crippen LogP contribution in [0.1, 0.15) is 26.6 Å². The van der Waals surface area contributed by atoms with Crippen LogP contribution in [0.2, 0.25) is 0 Å². The fourth-order valence-corrected chi connectivity index (χ4v) is 3.60. The molecule has 0 spiro atoms. The van der Waals surface area contributed by atoms with Crippen molar-refractivity contribution in [3.05, 3.63) is 56.4 Å². The van der Waals surface area contributed by atoms with E-state index in [0.717, 1.165) is 16.9 Å². The van der Waals surface area contributed by atoms with Crippen molar-refractivity contribution >= 4 is 50.2 Å². The van der Waals surface area contributed by atoms with Gasteiger partial charge in [0.05, 0.1) is 28.4 Å². The van der Waals surface area contributed by atoms with Gasteiger partial charge < -0.3 is 19.6 Å². The minimum absolute atomic E-state index is 0.0135. The predicted octanol–water partition coefficient (Wildman–Crippen LogP) is 2.40. The maximum atomic E-state index is 12.3. The van der Waals surface area contributed by atoms with E-state index in [1.54, 1.807) is 44.4 Å². The number of aryl methyl sites for hydroxylation is 1. The molecule has 2 aromatic heterocycles. The second-order valence-corrected chi connectivity index (χ2v) is 6.61. The zero-order valence-electron chi connectivity index (χ0n) is 13.3. The fraction of sp³-hybridized carbons (Fsp3) is 0.118. The normalized spacial score (nSPS) is 11.7. The average molecular weight is 376 g/mol. The number of carbonyl (C=O) groups is 1. The zero-order valence-corrected chi connectivity index (χ0v) is 14.8. The lowest BCUT2D eigenvalue weighted by molar-refractivity contribution is -0.254. The SMILES string of the molecule is COc1ccc(/C=C(\Cl)c2nc3sc(C(=O)[O-])c(C)c3c(=O)[nH]2)cc1. The van der Waals surface area contributed by atoms with Crippen LogP contribution in [-0.4, -0.2) is 23.0 Å². The molecule has 3 rings (SSSR count). The zero-order chi connectivity index (χ0) is 18.1. The van der Waals surface area contributed by atoms with Crippen LogP contribution in [0.5, 0.6) is 5.75 Å². The van der Waals surface area contributed by atoms with E-state index in [1.165, 1.54) is 0 Å². The van der Waals surface area contributed by atoms with E-state index in [4.69, 9.17) is 16.3 Å². The number of H-pyrrole nitrogens is 1. The number of halogens is 1. The monoisotopic (exact) mass is 375 g/mol. The van der Waals surface area contributed by atoms with Crippen molar-refractivity contribution in [2.45, 2.75) is 6.92 Å². The third-order valence-electron chi connectivity index (χ3n) is 3.62. The van der Waals surface area contributed by atoms with Crippen LogP contribution in [0, 0.1) is 6.92 Å². The standard InChI is InChI=1S/C17H13ClN2O4S/c1-8-12-15(21)19-14(20-16(12)25-13(8)17(22)23)11(18)7-9-3-5-10(24-2)6-4-9/h3-7H,1-2H3,(H,22,23)(H,19,20,21)/p-1/b11-7-. The van der Waals surface area contributed by atoms with Crippen LogP contribution < -0.4 is 15.4 Å². The van der Waals surface area contributed by atoms with Gasteiger partial charge in [0.1, 0.15) is 10.6 Å². The molecule has 0 fully saturated rings. The van der Waals surface area contributed by atoms with E-state index in [2.05, 4.69) is 9.97 Å². The minimum atomic E-state index is -1.33. The molecule has 0 atom stereocenters. The summed E-state index contributed by atoms with van der Waals surface area (Å²) in [5.74, 6) is -0.451. The Bertz CT molecular complexity index is 1050. The van der Waals surface area contributed by atoms with E-state index in [0.29, 0.717) is 16.1 Å². The molecular formula is C17H12ClN2O4S-. The topological polar surface area (TPSA) is 95.1 Å². The molecule has 0 aliphatic rings. The van der Waals surface area contributed by atoms with Crippen molar-refractivity contribution in [1.29, 1.82) is 0 Å². The molecule has 8 heteroatoms. The number of methoxy groups -OCH3 is 1. The van der Waals surface area contributed by atoms with Gasteiger partial charge in [-0.05, 0) is 36.3 Å². The molecule has 25 heavy (non-hydrogen) atoms. The Labute approximate surface area is 151 Å². The van der Waals surface area contributed by atoms with Gasteiger partial charge in [-0.3, -0.25) is 4.79 Å². The van der Waals surface area contributed by atoms with E-state index in [-0.39, 0.29) is 21.1 Å². The number of nitrogens with zero attached hydrogens (tertiary/aromatic N) is 1. The molecule has 128 valence electrons. The number of fused-ring (bicyclic) bond motifs is 1. The third kappa shape index (κ3) is 3.29. The lowest BCUT2D eigenvalue weighted by Gasteiger charge is -2.02. The van der Waals surface area contributed by atoms with Crippen molar-refractivity contribution in [1.82, 2.24) is 9.97 Å². The van der Waals surface area contributed by atoms with Gasteiger partial charge in [-0.1, -0.05) is 23.7 Å². The van der Waals surface area contributed by atoms with Gasteiger partial charge in [0.25, 0.3) is 5.56 Å². The quantitative estimate of drug-likeness (QED) is 0.755. The van der Waals surface area contributed by atoms with Gasteiger partial charge in [0.2, 0.25) is 0 Å². The number of thiophene rings is 1. The van der Waals surface area contributed by atoms with Crippen LogP contribution in [0.4, 0.5) is 0 Å². The number of aromatic nitrogens is 2. The summed E-state index contributed by atoms with van der Waals surface area (Å²) in [6.07, 6.45) is 1.64. The highest BCUT2D eigenvalue weighted by atomic mass is 35.5. The number of aromatic carboxylic acids is 1. The highest BCUT2D eigenvalue weighted by molar-refractivity contribution is 7.20.